The highest BCUT2D eigenvalue weighted by molar-refractivity contribution is 5.88. The van der Waals surface area contributed by atoms with E-state index in [1.165, 1.54) is 0 Å². The molecule has 3 atom stereocenters. The van der Waals surface area contributed by atoms with Crippen LogP contribution in [0.5, 0.6) is 11.5 Å². The molecule has 1 aromatic rings. The van der Waals surface area contributed by atoms with E-state index in [9.17, 15) is 19.8 Å². The molecule has 7 nitrogen and oxygen atoms in total. The Morgan fingerprint density at radius 1 is 1.23 bits per heavy atom. The van der Waals surface area contributed by atoms with Gasteiger partial charge in [0, 0.05) is 28.5 Å². The third kappa shape index (κ3) is 6.63. The Morgan fingerprint density at radius 3 is 2.46 bits per heavy atom. The van der Waals surface area contributed by atoms with Crippen molar-refractivity contribution in [3.05, 3.63) is 71.6 Å². The van der Waals surface area contributed by atoms with Crippen molar-refractivity contribution in [2.75, 3.05) is 13.2 Å². The fourth-order valence-corrected chi connectivity index (χ4v) is 4.27. The van der Waals surface area contributed by atoms with Crippen LogP contribution in [-0.4, -0.2) is 41.5 Å². The van der Waals surface area contributed by atoms with E-state index in [1.54, 1.807) is 32.9 Å². The van der Waals surface area contributed by atoms with Crippen LogP contribution in [0.3, 0.4) is 0 Å². The summed E-state index contributed by atoms with van der Waals surface area (Å²) in [7, 11) is 0. The zero-order valence-electron chi connectivity index (χ0n) is 21.2. The summed E-state index contributed by atoms with van der Waals surface area (Å²) in [4.78, 5) is 24.3. The first-order valence-electron chi connectivity index (χ1n) is 11.8. The van der Waals surface area contributed by atoms with Crippen LogP contribution in [0.15, 0.2) is 66.0 Å². The molecule has 0 saturated heterocycles. The molecular weight excluding hydrogens is 448 g/mol. The number of benzene rings is 1. The van der Waals surface area contributed by atoms with Crippen molar-refractivity contribution in [2.24, 2.45) is 5.92 Å². The maximum atomic E-state index is 12.3. The monoisotopic (exact) mass is 484 g/mol. The minimum atomic E-state index is -0.997. The molecule has 0 aliphatic heterocycles. The Labute approximate surface area is 207 Å². The summed E-state index contributed by atoms with van der Waals surface area (Å²) < 4.78 is 17.2. The smallest absolute Gasteiger partial charge is 0.335 e. The number of ether oxygens (including phenoxy) is 3. The van der Waals surface area contributed by atoms with E-state index in [-0.39, 0.29) is 23.7 Å². The van der Waals surface area contributed by atoms with Gasteiger partial charge in [-0.25, -0.2) is 9.59 Å². The highest BCUT2D eigenvalue weighted by Crippen LogP contribution is 2.50. The van der Waals surface area contributed by atoms with Crippen molar-refractivity contribution < 1.29 is 34.0 Å². The molecule has 0 saturated carbocycles. The molecule has 1 aromatic carbocycles. The van der Waals surface area contributed by atoms with Gasteiger partial charge in [-0.3, -0.25) is 0 Å². The maximum Gasteiger partial charge on any atom is 0.335 e. The van der Waals surface area contributed by atoms with Gasteiger partial charge in [0.15, 0.2) is 11.5 Å². The number of hydrogen-bond donors (Lipinski definition) is 2. The first kappa shape index (κ1) is 27.9. The van der Waals surface area contributed by atoms with E-state index < -0.39 is 29.4 Å². The van der Waals surface area contributed by atoms with Crippen LogP contribution in [-0.2, 0) is 19.7 Å². The normalized spacial score (nSPS) is 18.6. The molecule has 0 amide bonds. The lowest BCUT2D eigenvalue weighted by Crippen LogP contribution is -2.37. The molecule has 3 unspecified atom stereocenters. The number of para-hydroxylation sites is 1. The maximum absolute atomic E-state index is 12.3. The van der Waals surface area contributed by atoms with Crippen LogP contribution in [0, 0.1) is 5.92 Å². The lowest BCUT2D eigenvalue weighted by atomic mass is 9.63. The molecule has 0 fully saturated rings. The molecule has 1 aliphatic rings. The third-order valence-electron chi connectivity index (χ3n) is 5.96. The van der Waals surface area contributed by atoms with Gasteiger partial charge >= 0.3 is 11.9 Å². The average Bonchev–Trinajstić information content (AvgIpc) is 2.81. The summed E-state index contributed by atoms with van der Waals surface area (Å²) in [5.41, 5.74) is 0.766. The molecule has 35 heavy (non-hydrogen) atoms. The Morgan fingerprint density at radius 2 is 1.94 bits per heavy atom. The van der Waals surface area contributed by atoms with Crippen molar-refractivity contribution in [1.82, 2.24) is 0 Å². The highest BCUT2D eigenvalue weighted by atomic mass is 16.6. The van der Waals surface area contributed by atoms with Gasteiger partial charge in [0.25, 0.3) is 0 Å². The zero-order valence-corrected chi connectivity index (χ0v) is 21.2. The van der Waals surface area contributed by atoms with Crippen LogP contribution in [0.25, 0.3) is 0 Å². The largest absolute Gasteiger partial charge is 0.494 e. The molecule has 0 spiro atoms. The number of carboxylic acid groups (broad SMARTS) is 1. The number of carbonyl (C=O) groups excluding carboxylic acids is 1. The number of carboxylic acids is 1. The van der Waals surface area contributed by atoms with Crippen molar-refractivity contribution in [1.29, 1.82) is 0 Å². The van der Waals surface area contributed by atoms with Gasteiger partial charge in [-0.2, -0.15) is 0 Å². The minimum absolute atomic E-state index is 0.0427. The van der Waals surface area contributed by atoms with E-state index in [0.29, 0.717) is 29.9 Å². The molecular formula is C28H36O7. The van der Waals surface area contributed by atoms with E-state index in [4.69, 9.17) is 14.2 Å². The molecule has 1 aliphatic carbocycles. The lowest BCUT2D eigenvalue weighted by Gasteiger charge is -2.40. The van der Waals surface area contributed by atoms with Gasteiger partial charge in [0.05, 0.1) is 12.7 Å². The van der Waals surface area contributed by atoms with Gasteiger partial charge in [0.2, 0.25) is 0 Å². The molecule has 0 radical (unpaired) electrons. The fraction of sp³-hybridized carbons (Fsp3) is 0.429. The Kier molecular flexibility index (Phi) is 9.89. The first-order chi connectivity index (χ1) is 16.6. The van der Waals surface area contributed by atoms with E-state index in [1.807, 2.05) is 38.1 Å². The SMILES string of the molecule is C=CC(=O)Oc1cccc(C2(C(C)C(C(=O)O)=C(C)C)C=CC(OCCC)=CC2)c1OCC(C)O. The van der Waals surface area contributed by atoms with E-state index in [2.05, 4.69) is 6.58 Å². The molecule has 0 bridgehead atoms. The Bertz CT molecular complexity index is 1030. The second-order valence-corrected chi connectivity index (χ2v) is 8.89. The molecule has 7 heteroatoms. The fourth-order valence-electron chi connectivity index (χ4n) is 4.27. The number of esters is 1. The predicted molar refractivity (Wildman–Crippen MR) is 134 cm³/mol. The zero-order chi connectivity index (χ0) is 26.2. The van der Waals surface area contributed by atoms with Gasteiger partial charge in [-0.05, 0) is 51.8 Å². The van der Waals surface area contributed by atoms with Crippen LogP contribution < -0.4 is 9.47 Å². The third-order valence-corrected chi connectivity index (χ3v) is 5.96. The molecule has 0 heterocycles. The Hall–Kier alpha value is -3.32. The molecule has 2 N–H and O–H groups in total. The van der Waals surface area contributed by atoms with E-state index in [0.717, 1.165) is 12.5 Å². The second kappa shape index (κ2) is 12.4. The van der Waals surface area contributed by atoms with Crippen molar-refractivity contribution in [3.63, 3.8) is 0 Å². The summed E-state index contributed by atoms with van der Waals surface area (Å²) in [5.74, 6) is -0.989. The summed E-state index contributed by atoms with van der Waals surface area (Å²) in [6.45, 7) is 13.0. The standard InChI is InChI=1S/C28H36O7/c1-7-16-33-21-12-14-28(15-13-21,20(6)25(18(3)4)27(31)32)22-10-9-11-23(35-24(30)8-2)26(22)34-17-19(5)29/h8-14,19-20,29H,2,7,15-17H2,1,3-6H3,(H,31,32). The number of aliphatic hydroxyl groups excluding tert-OH is 1. The first-order valence-corrected chi connectivity index (χ1v) is 11.8. The van der Waals surface area contributed by atoms with Crippen LogP contribution in [0.1, 0.15) is 53.0 Å². The Balaban J connectivity index is 2.76. The topological polar surface area (TPSA) is 102 Å². The molecule has 2 rings (SSSR count). The van der Waals surface area contributed by atoms with Gasteiger partial charge < -0.3 is 24.4 Å². The van der Waals surface area contributed by atoms with Crippen molar-refractivity contribution >= 4 is 11.9 Å². The van der Waals surface area contributed by atoms with E-state index >= 15 is 0 Å². The lowest BCUT2D eigenvalue weighted by molar-refractivity contribution is -0.133. The number of hydrogen-bond acceptors (Lipinski definition) is 6. The second-order valence-electron chi connectivity index (χ2n) is 8.89. The number of aliphatic hydroxyl groups is 1. The predicted octanol–water partition coefficient (Wildman–Crippen LogP) is 5.10. The summed E-state index contributed by atoms with van der Waals surface area (Å²) in [6.07, 6.45) is 7.30. The number of rotatable bonds is 12. The van der Waals surface area contributed by atoms with Crippen LogP contribution >= 0.6 is 0 Å². The van der Waals surface area contributed by atoms with Crippen molar-refractivity contribution in [2.45, 2.75) is 59.0 Å². The van der Waals surface area contributed by atoms with Gasteiger partial charge in [-0.15, -0.1) is 0 Å². The minimum Gasteiger partial charge on any atom is -0.494 e. The summed E-state index contributed by atoms with van der Waals surface area (Å²) >= 11 is 0. The highest BCUT2D eigenvalue weighted by Gasteiger charge is 2.43. The number of carbonyl (C=O) groups is 2. The van der Waals surface area contributed by atoms with Crippen molar-refractivity contribution in [3.8, 4) is 11.5 Å². The average molecular weight is 485 g/mol. The van der Waals surface area contributed by atoms with Crippen LogP contribution in [0.4, 0.5) is 0 Å². The summed E-state index contributed by atoms with van der Waals surface area (Å²) in [6, 6.07) is 5.16. The summed E-state index contributed by atoms with van der Waals surface area (Å²) in [5, 5.41) is 19.9. The molecule has 0 aromatic heterocycles. The number of allylic oxidation sites excluding steroid dienone is 4. The van der Waals surface area contributed by atoms with Gasteiger partial charge in [0.1, 0.15) is 12.4 Å². The number of aliphatic carboxylic acids is 1. The quantitative estimate of drug-likeness (QED) is 0.242. The van der Waals surface area contributed by atoms with Gasteiger partial charge in [-0.1, -0.05) is 44.2 Å². The molecule has 190 valence electrons. The van der Waals surface area contributed by atoms with Crippen LogP contribution in [0.2, 0.25) is 0 Å².